The molecule has 6 nitrogen and oxygen atoms in total. The number of rotatable bonds is 6. The number of likely N-dealkylation sites (N-methyl/N-ethyl adjacent to an activating group) is 1. The summed E-state index contributed by atoms with van der Waals surface area (Å²) in [5.74, 6) is 3.35. The second-order valence-corrected chi connectivity index (χ2v) is 15.4. The Labute approximate surface area is 291 Å². The van der Waals surface area contributed by atoms with E-state index in [1.807, 2.05) is 12.3 Å². The zero-order valence-electron chi connectivity index (χ0n) is 30.7. The number of aromatic nitrogens is 4. The predicted octanol–water partition coefficient (Wildman–Crippen LogP) is 10.4. The first-order valence-electron chi connectivity index (χ1n) is 17.5. The van der Waals surface area contributed by atoms with Crippen molar-refractivity contribution in [2.24, 2.45) is 5.92 Å². The van der Waals surface area contributed by atoms with E-state index in [2.05, 4.69) is 156 Å². The van der Waals surface area contributed by atoms with Gasteiger partial charge < -0.3 is 9.64 Å². The number of benzene rings is 3. The van der Waals surface area contributed by atoms with Crippen molar-refractivity contribution in [2.45, 2.75) is 79.2 Å². The van der Waals surface area contributed by atoms with Gasteiger partial charge in [0.15, 0.2) is 0 Å². The monoisotopic (exact) mass is 651 g/mol. The standard InChI is InChI=1S/C43H49N5O/c1-26-17-18-44-40(19-26)47-38-14-12-11-13-36(38)37-16-15-34(25-39(37)47)49-35-23-31(43(6,7)8)22-33(24-35)48-30(5)42(29(4)45-48)41-27(2)20-32(46(9)10)21-28(41)3/h11-20,22-25,28,32,41H,21H2,1-10H3/t28-,32?,41+/m0/s1. The highest BCUT2D eigenvalue weighted by molar-refractivity contribution is 6.09. The van der Waals surface area contributed by atoms with Gasteiger partial charge in [-0.2, -0.15) is 5.10 Å². The molecule has 49 heavy (non-hydrogen) atoms. The van der Waals surface area contributed by atoms with Crippen molar-refractivity contribution in [1.82, 2.24) is 24.2 Å². The van der Waals surface area contributed by atoms with Gasteiger partial charge in [0.2, 0.25) is 0 Å². The average Bonchev–Trinajstić information content (AvgIpc) is 3.53. The number of ether oxygens (including phenoxy) is 1. The average molecular weight is 652 g/mol. The Morgan fingerprint density at radius 3 is 2.31 bits per heavy atom. The molecule has 1 aliphatic rings. The number of fused-ring (bicyclic) bond motifs is 3. The molecule has 252 valence electrons. The SMILES string of the molecule is CC1=CC(N(C)C)C[C@H](C)[C@@H]1c1c(C)nn(-c2cc(Oc3ccc4c5ccccc5n(-c5cc(C)ccn5)c4c3)cc(C(C)(C)C)c2)c1C. The van der Waals surface area contributed by atoms with Crippen LogP contribution in [0.1, 0.15) is 75.0 Å². The van der Waals surface area contributed by atoms with Crippen molar-refractivity contribution < 1.29 is 4.74 Å². The minimum atomic E-state index is -0.0847. The molecule has 0 fully saturated rings. The maximum atomic E-state index is 6.77. The zero-order valence-corrected chi connectivity index (χ0v) is 30.7. The van der Waals surface area contributed by atoms with E-state index in [0.29, 0.717) is 17.9 Å². The number of hydrogen-bond donors (Lipinski definition) is 0. The summed E-state index contributed by atoms with van der Waals surface area (Å²) in [6.45, 7) is 17.9. The summed E-state index contributed by atoms with van der Waals surface area (Å²) in [7, 11) is 4.36. The number of nitrogens with zero attached hydrogens (tertiary/aromatic N) is 5. The highest BCUT2D eigenvalue weighted by atomic mass is 16.5. The van der Waals surface area contributed by atoms with Crippen molar-refractivity contribution in [3.8, 4) is 23.0 Å². The van der Waals surface area contributed by atoms with Crippen molar-refractivity contribution in [3.63, 3.8) is 0 Å². The van der Waals surface area contributed by atoms with Crippen LogP contribution >= 0.6 is 0 Å². The van der Waals surface area contributed by atoms with Crippen LogP contribution in [0.25, 0.3) is 33.3 Å². The van der Waals surface area contributed by atoms with Crippen molar-refractivity contribution in [3.05, 3.63) is 119 Å². The van der Waals surface area contributed by atoms with Crippen LogP contribution in [-0.2, 0) is 5.41 Å². The Morgan fingerprint density at radius 2 is 1.59 bits per heavy atom. The van der Waals surface area contributed by atoms with Gasteiger partial charge in [-0.15, -0.1) is 0 Å². The van der Waals surface area contributed by atoms with E-state index < -0.39 is 0 Å². The first kappa shape index (κ1) is 32.8. The fourth-order valence-corrected chi connectivity index (χ4v) is 7.91. The summed E-state index contributed by atoms with van der Waals surface area (Å²) >= 11 is 0. The first-order valence-corrected chi connectivity index (χ1v) is 17.5. The number of hydrogen-bond acceptors (Lipinski definition) is 4. The maximum absolute atomic E-state index is 6.77. The molecule has 3 aromatic carbocycles. The maximum Gasteiger partial charge on any atom is 0.137 e. The van der Waals surface area contributed by atoms with E-state index in [4.69, 9.17) is 14.8 Å². The van der Waals surface area contributed by atoms with Crippen LogP contribution in [0.2, 0.25) is 0 Å². The third-order valence-electron chi connectivity index (χ3n) is 10.5. The van der Waals surface area contributed by atoms with Gasteiger partial charge in [0.05, 0.1) is 22.4 Å². The molecular weight excluding hydrogens is 603 g/mol. The molecule has 3 aromatic heterocycles. The predicted molar refractivity (Wildman–Crippen MR) is 203 cm³/mol. The molecule has 0 saturated carbocycles. The second-order valence-electron chi connectivity index (χ2n) is 15.4. The Hall–Kier alpha value is -4.68. The number of para-hydroxylation sites is 1. The van der Waals surface area contributed by atoms with Gasteiger partial charge in [-0.3, -0.25) is 4.57 Å². The molecule has 6 heteroatoms. The van der Waals surface area contributed by atoms with Crippen LogP contribution in [0.5, 0.6) is 11.5 Å². The summed E-state index contributed by atoms with van der Waals surface area (Å²) in [6.07, 6.45) is 5.47. The third-order valence-corrected chi connectivity index (χ3v) is 10.5. The van der Waals surface area contributed by atoms with Gasteiger partial charge in [0.1, 0.15) is 17.3 Å². The molecular formula is C43H49N5O. The lowest BCUT2D eigenvalue weighted by Crippen LogP contribution is -2.33. The van der Waals surface area contributed by atoms with Crippen molar-refractivity contribution >= 4 is 21.8 Å². The Kier molecular flexibility index (Phi) is 8.27. The van der Waals surface area contributed by atoms with Crippen molar-refractivity contribution in [1.29, 1.82) is 0 Å². The van der Waals surface area contributed by atoms with Gasteiger partial charge in [-0.25, -0.2) is 9.67 Å². The molecule has 0 saturated heterocycles. The van der Waals surface area contributed by atoms with E-state index in [0.717, 1.165) is 46.2 Å². The molecule has 0 spiro atoms. The van der Waals surface area contributed by atoms with Crippen LogP contribution in [0, 0.1) is 26.7 Å². The molecule has 3 atom stereocenters. The first-order chi connectivity index (χ1) is 23.3. The van der Waals surface area contributed by atoms with Crippen LogP contribution in [-0.4, -0.2) is 44.4 Å². The van der Waals surface area contributed by atoms with Gasteiger partial charge in [0.25, 0.3) is 0 Å². The van der Waals surface area contributed by atoms with Gasteiger partial charge in [-0.1, -0.05) is 57.5 Å². The normalized spacial score (nSPS) is 18.4. The molecule has 1 unspecified atom stereocenters. The molecule has 0 bridgehead atoms. The van der Waals surface area contributed by atoms with E-state index >= 15 is 0 Å². The third kappa shape index (κ3) is 5.97. The minimum absolute atomic E-state index is 0.0847. The van der Waals surface area contributed by atoms with E-state index in [1.165, 1.54) is 38.7 Å². The quantitative estimate of drug-likeness (QED) is 0.168. The molecule has 1 aliphatic carbocycles. The fraction of sp³-hybridized carbons (Fsp3) is 0.349. The summed E-state index contributed by atoms with van der Waals surface area (Å²) in [4.78, 5) is 7.09. The van der Waals surface area contributed by atoms with Crippen LogP contribution < -0.4 is 4.74 Å². The topological polar surface area (TPSA) is 48.1 Å². The van der Waals surface area contributed by atoms with E-state index in [-0.39, 0.29) is 5.41 Å². The molecule has 7 rings (SSSR count). The zero-order chi connectivity index (χ0) is 34.8. The smallest absolute Gasteiger partial charge is 0.137 e. The van der Waals surface area contributed by atoms with Gasteiger partial charge in [0, 0.05) is 52.3 Å². The largest absolute Gasteiger partial charge is 0.457 e. The molecule has 3 heterocycles. The lowest BCUT2D eigenvalue weighted by molar-refractivity contribution is 0.266. The molecule has 0 amide bonds. The Bertz CT molecular complexity index is 2230. The molecule has 6 aromatic rings. The summed E-state index contributed by atoms with van der Waals surface area (Å²) in [6, 6.07) is 26.1. The van der Waals surface area contributed by atoms with Crippen LogP contribution in [0.4, 0.5) is 0 Å². The second kappa shape index (κ2) is 12.3. The number of allylic oxidation sites excluding steroid dienone is 1. The molecule has 0 N–H and O–H groups in total. The number of aryl methyl sites for hydroxylation is 2. The lowest BCUT2D eigenvalue weighted by Gasteiger charge is -2.36. The Morgan fingerprint density at radius 1 is 0.837 bits per heavy atom. The van der Waals surface area contributed by atoms with Crippen LogP contribution in [0.3, 0.4) is 0 Å². The summed E-state index contributed by atoms with van der Waals surface area (Å²) in [5.41, 5.74) is 10.6. The number of pyridine rings is 1. The minimum Gasteiger partial charge on any atom is -0.457 e. The Balaban J connectivity index is 1.32. The lowest BCUT2D eigenvalue weighted by atomic mass is 9.73. The van der Waals surface area contributed by atoms with Crippen molar-refractivity contribution in [2.75, 3.05) is 14.1 Å². The van der Waals surface area contributed by atoms with E-state index in [1.54, 1.807) is 0 Å². The molecule has 0 aliphatic heterocycles. The highest BCUT2D eigenvalue weighted by Crippen LogP contribution is 2.43. The van der Waals surface area contributed by atoms with Gasteiger partial charge in [-0.05, 0) is 113 Å². The van der Waals surface area contributed by atoms with Gasteiger partial charge >= 0.3 is 0 Å². The van der Waals surface area contributed by atoms with Crippen LogP contribution in [0.15, 0.2) is 90.6 Å². The highest BCUT2D eigenvalue weighted by Gasteiger charge is 2.33. The van der Waals surface area contributed by atoms with E-state index in [9.17, 15) is 0 Å². The summed E-state index contributed by atoms with van der Waals surface area (Å²) < 4.78 is 11.1. The fourth-order valence-electron chi connectivity index (χ4n) is 7.91. The summed E-state index contributed by atoms with van der Waals surface area (Å²) in [5, 5.41) is 7.54. The molecule has 0 radical (unpaired) electrons.